The Kier molecular flexibility index (Phi) is 7.47. The van der Waals surface area contributed by atoms with E-state index in [4.69, 9.17) is 10.5 Å². The van der Waals surface area contributed by atoms with Crippen molar-refractivity contribution in [3.05, 3.63) is 0 Å². The van der Waals surface area contributed by atoms with Gasteiger partial charge in [0.2, 0.25) is 0 Å². The van der Waals surface area contributed by atoms with E-state index in [1.807, 2.05) is 13.8 Å². The van der Waals surface area contributed by atoms with Crippen LogP contribution in [0.15, 0.2) is 0 Å². The van der Waals surface area contributed by atoms with Crippen molar-refractivity contribution >= 4 is 15.8 Å². The monoisotopic (exact) mass is 279 g/mol. The molecule has 1 unspecified atom stereocenters. The molecule has 0 aliphatic heterocycles. The van der Waals surface area contributed by atoms with Crippen molar-refractivity contribution in [2.75, 3.05) is 24.7 Å². The Hall–Kier alpha value is -0.620. The Morgan fingerprint density at radius 3 is 2.22 bits per heavy atom. The van der Waals surface area contributed by atoms with Crippen molar-refractivity contribution in [1.82, 2.24) is 0 Å². The van der Waals surface area contributed by atoms with Crippen LogP contribution in [0.2, 0.25) is 0 Å². The summed E-state index contributed by atoms with van der Waals surface area (Å²) in [7, 11) is -3.10. The molecule has 0 aliphatic rings. The Bertz CT molecular complexity index is 347. The molecule has 0 amide bonds. The molecule has 108 valence electrons. The van der Waals surface area contributed by atoms with Gasteiger partial charge in [0.05, 0.1) is 17.8 Å². The van der Waals surface area contributed by atoms with Gasteiger partial charge in [0.25, 0.3) is 0 Å². The molecule has 2 N–H and O–H groups in total. The molecule has 0 saturated heterocycles. The van der Waals surface area contributed by atoms with E-state index in [0.29, 0.717) is 12.8 Å². The highest BCUT2D eigenvalue weighted by molar-refractivity contribution is 7.91. The standard InChI is InChI=1S/C12H25NO4S/c1-4-8-18(15,16)9-7-12(5-2,10-13)11(14)17-6-3/h4-10,13H2,1-3H3. The Labute approximate surface area is 110 Å². The summed E-state index contributed by atoms with van der Waals surface area (Å²) in [5.74, 6) is -0.244. The predicted octanol–water partition coefficient (Wildman–Crippen LogP) is 1.12. The van der Waals surface area contributed by atoms with E-state index in [-0.39, 0.29) is 37.0 Å². The number of hydrogen-bond donors (Lipinski definition) is 1. The average Bonchev–Trinajstić information content (AvgIpc) is 2.31. The van der Waals surface area contributed by atoms with E-state index in [1.54, 1.807) is 6.92 Å². The van der Waals surface area contributed by atoms with Gasteiger partial charge in [-0.1, -0.05) is 13.8 Å². The molecular formula is C12H25NO4S. The SMILES string of the molecule is CCCS(=O)(=O)CCC(CC)(CN)C(=O)OCC. The van der Waals surface area contributed by atoms with Gasteiger partial charge in [-0.05, 0) is 26.2 Å². The lowest BCUT2D eigenvalue weighted by Crippen LogP contribution is -2.41. The second-order valence-electron chi connectivity index (χ2n) is 4.46. The van der Waals surface area contributed by atoms with Crippen LogP contribution in [-0.2, 0) is 19.4 Å². The number of rotatable bonds is 9. The van der Waals surface area contributed by atoms with E-state index in [0.717, 1.165) is 0 Å². The van der Waals surface area contributed by atoms with E-state index < -0.39 is 15.3 Å². The highest BCUT2D eigenvalue weighted by Gasteiger charge is 2.37. The Balaban J connectivity index is 4.77. The van der Waals surface area contributed by atoms with Crippen LogP contribution in [0.25, 0.3) is 0 Å². The maximum absolute atomic E-state index is 11.9. The minimum absolute atomic E-state index is 0.00923. The maximum Gasteiger partial charge on any atom is 0.313 e. The number of carbonyl (C=O) groups excluding carboxylic acids is 1. The molecule has 0 heterocycles. The van der Waals surface area contributed by atoms with Gasteiger partial charge in [0.15, 0.2) is 0 Å². The molecule has 0 spiro atoms. The average molecular weight is 279 g/mol. The van der Waals surface area contributed by atoms with Gasteiger partial charge < -0.3 is 10.5 Å². The minimum Gasteiger partial charge on any atom is -0.466 e. The normalized spacial score (nSPS) is 15.1. The van der Waals surface area contributed by atoms with Crippen LogP contribution in [0.4, 0.5) is 0 Å². The lowest BCUT2D eigenvalue weighted by atomic mass is 9.82. The molecule has 0 fully saturated rings. The lowest BCUT2D eigenvalue weighted by Gasteiger charge is -2.28. The summed E-state index contributed by atoms with van der Waals surface area (Å²) in [4.78, 5) is 11.9. The molecule has 0 radical (unpaired) electrons. The first kappa shape index (κ1) is 17.4. The van der Waals surface area contributed by atoms with E-state index >= 15 is 0 Å². The fourth-order valence-corrected chi connectivity index (χ4v) is 3.33. The van der Waals surface area contributed by atoms with Crippen molar-refractivity contribution in [1.29, 1.82) is 0 Å². The zero-order valence-corrected chi connectivity index (χ0v) is 12.4. The van der Waals surface area contributed by atoms with E-state index in [9.17, 15) is 13.2 Å². The number of sulfone groups is 1. The van der Waals surface area contributed by atoms with E-state index in [1.165, 1.54) is 0 Å². The maximum atomic E-state index is 11.9. The lowest BCUT2D eigenvalue weighted by molar-refractivity contribution is -0.155. The Morgan fingerprint density at radius 1 is 1.22 bits per heavy atom. The fraction of sp³-hybridized carbons (Fsp3) is 0.917. The minimum atomic E-state index is -3.10. The van der Waals surface area contributed by atoms with Crippen LogP contribution in [0.3, 0.4) is 0 Å². The third-order valence-electron chi connectivity index (χ3n) is 3.18. The van der Waals surface area contributed by atoms with Gasteiger partial charge in [-0.25, -0.2) is 8.42 Å². The molecule has 0 aliphatic carbocycles. The third-order valence-corrected chi connectivity index (χ3v) is 5.04. The molecular weight excluding hydrogens is 254 g/mol. The smallest absolute Gasteiger partial charge is 0.313 e. The van der Waals surface area contributed by atoms with Crippen LogP contribution in [-0.4, -0.2) is 39.0 Å². The molecule has 0 rings (SSSR count). The van der Waals surface area contributed by atoms with Crippen LogP contribution < -0.4 is 5.73 Å². The van der Waals surface area contributed by atoms with Crippen molar-refractivity contribution in [3.8, 4) is 0 Å². The number of esters is 1. The summed E-state index contributed by atoms with van der Waals surface area (Å²) in [6, 6.07) is 0. The van der Waals surface area contributed by atoms with Crippen LogP contribution in [0.1, 0.15) is 40.0 Å². The molecule has 0 aromatic heterocycles. The molecule has 5 nitrogen and oxygen atoms in total. The number of hydrogen-bond acceptors (Lipinski definition) is 5. The molecule has 0 saturated carbocycles. The number of nitrogens with two attached hydrogens (primary N) is 1. The van der Waals surface area contributed by atoms with Crippen LogP contribution in [0, 0.1) is 5.41 Å². The number of ether oxygens (including phenoxy) is 1. The van der Waals surface area contributed by atoms with Gasteiger partial charge in [-0.3, -0.25) is 4.79 Å². The highest BCUT2D eigenvalue weighted by Crippen LogP contribution is 2.28. The molecule has 1 atom stereocenters. The van der Waals surface area contributed by atoms with Gasteiger partial charge in [0.1, 0.15) is 9.84 Å². The molecule has 0 aromatic carbocycles. The summed E-state index contributed by atoms with van der Waals surface area (Å²) in [5.41, 5.74) is 4.79. The highest BCUT2D eigenvalue weighted by atomic mass is 32.2. The van der Waals surface area contributed by atoms with Crippen molar-refractivity contribution in [3.63, 3.8) is 0 Å². The second kappa shape index (κ2) is 7.74. The first-order chi connectivity index (χ1) is 8.37. The molecule has 6 heteroatoms. The van der Waals surface area contributed by atoms with E-state index in [2.05, 4.69) is 0 Å². The zero-order valence-electron chi connectivity index (χ0n) is 11.6. The summed E-state index contributed by atoms with van der Waals surface area (Å²) in [5, 5.41) is 0. The first-order valence-corrected chi connectivity index (χ1v) is 8.27. The van der Waals surface area contributed by atoms with Crippen LogP contribution >= 0.6 is 0 Å². The van der Waals surface area contributed by atoms with Gasteiger partial charge in [0, 0.05) is 12.3 Å². The largest absolute Gasteiger partial charge is 0.466 e. The van der Waals surface area contributed by atoms with Crippen molar-refractivity contribution in [2.45, 2.75) is 40.0 Å². The zero-order chi connectivity index (χ0) is 14.2. The molecule has 18 heavy (non-hydrogen) atoms. The summed E-state index contributed by atoms with van der Waals surface area (Å²) in [6.45, 7) is 5.77. The predicted molar refractivity (Wildman–Crippen MR) is 72.0 cm³/mol. The third kappa shape index (κ3) is 4.94. The number of carbonyl (C=O) groups is 1. The topological polar surface area (TPSA) is 86.5 Å². The Morgan fingerprint density at radius 2 is 1.83 bits per heavy atom. The fourth-order valence-electron chi connectivity index (χ4n) is 1.80. The summed E-state index contributed by atoms with van der Waals surface area (Å²) < 4.78 is 28.4. The molecule has 0 bridgehead atoms. The van der Waals surface area contributed by atoms with Gasteiger partial charge in [-0.15, -0.1) is 0 Å². The quantitative estimate of drug-likeness (QED) is 0.639. The van der Waals surface area contributed by atoms with Gasteiger partial charge >= 0.3 is 5.97 Å². The van der Waals surface area contributed by atoms with Crippen molar-refractivity contribution in [2.24, 2.45) is 11.1 Å². The first-order valence-electron chi connectivity index (χ1n) is 6.45. The molecule has 0 aromatic rings. The summed E-state index contributed by atoms with van der Waals surface area (Å²) in [6.07, 6.45) is 1.31. The summed E-state index contributed by atoms with van der Waals surface area (Å²) >= 11 is 0. The van der Waals surface area contributed by atoms with Gasteiger partial charge in [-0.2, -0.15) is 0 Å². The second-order valence-corrected chi connectivity index (χ2v) is 6.76. The van der Waals surface area contributed by atoms with Crippen molar-refractivity contribution < 1.29 is 17.9 Å². The van der Waals surface area contributed by atoms with Crippen LogP contribution in [0.5, 0.6) is 0 Å².